The van der Waals surface area contributed by atoms with E-state index in [4.69, 9.17) is 9.84 Å². The van der Waals surface area contributed by atoms with E-state index in [9.17, 15) is 14.0 Å². The van der Waals surface area contributed by atoms with Crippen molar-refractivity contribution < 1.29 is 23.8 Å². The van der Waals surface area contributed by atoms with E-state index >= 15 is 0 Å². The van der Waals surface area contributed by atoms with Gasteiger partial charge in [-0.3, -0.25) is 9.59 Å². The number of ether oxygens (including phenoxy) is 1. The molecule has 1 N–H and O–H groups in total. The van der Waals surface area contributed by atoms with E-state index in [0.29, 0.717) is 18.8 Å². The van der Waals surface area contributed by atoms with Crippen molar-refractivity contribution >= 4 is 11.9 Å². The van der Waals surface area contributed by atoms with Crippen molar-refractivity contribution in [3.8, 4) is 11.3 Å². The van der Waals surface area contributed by atoms with Crippen molar-refractivity contribution in [2.75, 3.05) is 19.7 Å². The second-order valence-electron chi connectivity index (χ2n) is 6.01. The normalized spacial score (nSPS) is 17.5. The van der Waals surface area contributed by atoms with Gasteiger partial charge in [-0.05, 0) is 42.0 Å². The largest absolute Gasteiger partial charge is 0.481 e. The molecule has 1 fully saturated rings. The molecule has 0 aliphatic carbocycles. The van der Waals surface area contributed by atoms with E-state index < -0.39 is 12.1 Å². The number of carboxylic acid groups (broad SMARTS) is 1. The van der Waals surface area contributed by atoms with E-state index in [1.54, 1.807) is 34.7 Å². The van der Waals surface area contributed by atoms with Crippen molar-refractivity contribution in [3.63, 3.8) is 0 Å². The summed E-state index contributed by atoms with van der Waals surface area (Å²) in [5, 5.41) is 8.89. The highest BCUT2D eigenvalue weighted by Crippen LogP contribution is 2.23. The predicted octanol–water partition coefficient (Wildman–Crippen LogP) is 2.15. The predicted molar refractivity (Wildman–Crippen MR) is 88.7 cm³/mol. The number of amides is 1. The molecule has 3 rings (SSSR count). The van der Waals surface area contributed by atoms with Crippen molar-refractivity contribution in [1.29, 1.82) is 0 Å². The molecule has 0 bridgehead atoms. The molecule has 1 aromatic heterocycles. The molecule has 7 heteroatoms. The highest BCUT2D eigenvalue weighted by Gasteiger charge is 2.28. The fraction of sp³-hybridized carbons (Fsp3) is 0.333. The van der Waals surface area contributed by atoms with Crippen LogP contribution in [0.5, 0.6) is 0 Å². The molecule has 2 heterocycles. The van der Waals surface area contributed by atoms with E-state index in [2.05, 4.69) is 0 Å². The molecule has 1 aliphatic heterocycles. The molecule has 1 atom stereocenters. The highest BCUT2D eigenvalue weighted by molar-refractivity contribution is 5.94. The molecule has 0 saturated carbocycles. The Kier molecular flexibility index (Phi) is 4.85. The number of carbonyl (C=O) groups is 2. The number of carbonyl (C=O) groups excluding carboxylic acids is 1. The molecule has 0 radical (unpaired) electrons. The third kappa shape index (κ3) is 3.71. The molecule has 6 nitrogen and oxygen atoms in total. The lowest BCUT2D eigenvalue weighted by molar-refractivity contribution is -0.141. The van der Waals surface area contributed by atoms with Crippen molar-refractivity contribution in [2.45, 2.75) is 12.5 Å². The molecule has 2 aromatic rings. The lowest BCUT2D eigenvalue weighted by Crippen LogP contribution is -2.46. The summed E-state index contributed by atoms with van der Waals surface area (Å²) in [6, 6.07) is 9.62. The molecule has 132 valence electrons. The van der Waals surface area contributed by atoms with Gasteiger partial charge >= 0.3 is 5.97 Å². The fourth-order valence-electron chi connectivity index (χ4n) is 3.02. The number of benzene rings is 1. The van der Waals surface area contributed by atoms with Crippen LogP contribution in [0.15, 0.2) is 36.4 Å². The van der Waals surface area contributed by atoms with Crippen LogP contribution in [0.4, 0.5) is 4.39 Å². The lowest BCUT2D eigenvalue weighted by atomic mass is 10.1. The number of morpholine rings is 1. The Morgan fingerprint density at radius 2 is 1.96 bits per heavy atom. The summed E-state index contributed by atoms with van der Waals surface area (Å²) in [6.45, 7) is 0.993. The Hall–Kier alpha value is -2.67. The lowest BCUT2D eigenvalue weighted by Gasteiger charge is -2.32. The summed E-state index contributed by atoms with van der Waals surface area (Å²) in [5.41, 5.74) is 2.11. The second kappa shape index (κ2) is 7.06. The van der Waals surface area contributed by atoms with E-state index in [1.165, 1.54) is 12.1 Å². The maximum atomic E-state index is 13.1. The standard InChI is InChI=1S/C18H19FN2O4/c1-20-15(12-2-4-13(19)5-3-12)6-7-16(20)18(24)21-8-9-25-14(11-21)10-17(22)23/h2-7,14H,8-11H2,1H3,(H,22,23). The summed E-state index contributed by atoms with van der Waals surface area (Å²) < 4.78 is 20.3. The Labute approximate surface area is 144 Å². The van der Waals surface area contributed by atoms with Gasteiger partial charge < -0.3 is 19.3 Å². The monoisotopic (exact) mass is 346 g/mol. The van der Waals surface area contributed by atoms with E-state index in [1.807, 2.05) is 6.07 Å². The van der Waals surface area contributed by atoms with Crippen molar-refractivity contribution in [2.24, 2.45) is 7.05 Å². The molecule has 1 aliphatic rings. The van der Waals surface area contributed by atoms with E-state index in [0.717, 1.165) is 11.3 Å². The van der Waals surface area contributed by atoms with Crippen molar-refractivity contribution in [1.82, 2.24) is 9.47 Å². The van der Waals surface area contributed by atoms with Gasteiger partial charge in [0.25, 0.3) is 5.91 Å². The Morgan fingerprint density at radius 3 is 2.64 bits per heavy atom. The smallest absolute Gasteiger partial charge is 0.306 e. The first-order chi connectivity index (χ1) is 12.0. The maximum absolute atomic E-state index is 13.1. The van der Waals surface area contributed by atoms with Gasteiger partial charge in [0.1, 0.15) is 11.5 Å². The number of nitrogens with zero attached hydrogens (tertiary/aromatic N) is 2. The van der Waals surface area contributed by atoms with Gasteiger partial charge in [0.2, 0.25) is 0 Å². The van der Waals surface area contributed by atoms with Crippen LogP contribution in [0.25, 0.3) is 11.3 Å². The first-order valence-corrected chi connectivity index (χ1v) is 8.00. The average molecular weight is 346 g/mol. The first kappa shape index (κ1) is 17.2. The van der Waals surface area contributed by atoms with Gasteiger partial charge in [-0.2, -0.15) is 0 Å². The summed E-state index contributed by atoms with van der Waals surface area (Å²) in [6.07, 6.45) is -0.621. The van der Waals surface area contributed by atoms with Crippen LogP contribution in [0.2, 0.25) is 0 Å². The zero-order chi connectivity index (χ0) is 18.0. The number of aliphatic carboxylic acids is 1. The molecule has 1 saturated heterocycles. The zero-order valence-electron chi connectivity index (χ0n) is 13.8. The van der Waals surface area contributed by atoms with Gasteiger partial charge in [0.05, 0.1) is 19.1 Å². The number of halogens is 1. The van der Waals surface area contributed by atoms with Gasteiger partial charge in [0.15, 0.2) is 0 Å². The molecule has 1 aromatic carbocycles. The minimum absolute atomic E-state index is 0.127. The van der Waals surface area contributed by atoms with E-state index in [-0.39, 0.29) is 24.7 Å². The minimum Gasteiger partial charge on any atom is -0.481 e. The molecule has 0 spiro atoms. The Morgan fingerprint density at radius 1 is 1.24 bits per heavy atom. The molecular weight excluding hydrogens is 327 g/mol. The van der Waals surface area contributed by atoms with Crippen LogP contribution in [0.1, 0.15) is 16.9 Å². The van der Waals surface area contributed by atoms with Crippen molar-refractivity contribution in [3.05, 3.63) is 47.9 Å². The minimum atomic E-state index is -0.947. The third-order valence-electron chi connectivity index (χ3n) is 4.31. The number of hydrogen-bond donors (Lipinski definition) is 1. The highest BCUT2D eigenvalue weighted by atomic mass is 19.1. The van der Waals surface area contributed by atoms with Gasteiger partial charge in [-0.15, -0.1) is 0 Å². The number of aromatic nitrogens is 1. The Bertz CT molecular complexity index is 785. The van der Waals surface area contributed by atoms with Crippen LogP contribution in [0.3, 0.4) is 0 Å². The van der Waals surface area contributed by atoms with Crippen LogP contribution in [-0.4, -0.2) is 52.3 Å². The molecule has 25 heavy (non-hydrogen) atoms. The maximum Gasteiger partial charge on any atom is 0.306 e. The fourth-order valence-corrected chi connectivity index (χ4v) is 3.02. The topological polar surface area (TPSA) is 71.8 Å². The van der Waals surface area contributed by atoms with Crippen LogP contribution >= 0.6 is 0 Å². The molecule has 1 unspecified atom stereocenters. The quantitative estimate of drug-likeness (QED) is 0.921. The zero-order valence-corrected chi connectivity index (χ0v) is 13.8. The number of carboxylic acids is 1. The average Bonchev–Trinajstić information content (AvgIpc) is 2.96. The van der Waals surface area contributed by atoms with Gasteiger partial charge in [0, 0.05) is 25.8 Å². The number of rotatable bonds is 4. The number of hydrogen-bond acceptors (Lipinski definition) is 3. The molecule has 1 amide bonds. The SMILES string of the molecule is Cn1c(C(=O)N2CCOC(CC(=O)O)C2)ccc1-c1ccc(F)cc1. The van der Waals surface area contributed by atoms with Gasteiger partial charge in [-0.1, -0.05) is 0 Å². The third-order valence-corrected chi connectivity index (χ3v) is 4.31. The van der Waals surface area contributed by atoms with Crippen LogP contribution in [-0.2, 0) is 16.6 Å². The second-order valence-corrected chi connectivity index (χ2v) is 6.01. The first-order valence-electron chi connectivity index (χ1n) is 8.00. The Balaban J connectivity index is 1.79. The summed E-state index contributed by atoms with van der Waals surface area (Å²) in [7, 11) is 1.78. The summed E-state index contributed by atoms with van der Waals surface area (Å²) in [5.74, 6) is -1.43. The van der Waals surface area contributed by atoms with Crippen LogP contribution in [0, 0.1) is 5.82 Å². The summed E-state index contributed by atoms with van der Waals surface area (Å²) in [4.78, 5) is 25.2. The summed E-state index contributed by atoms with van der Waals surface area (Å²) >= 11 is 0. The van der Waals surface area contributed by atoms with Gasteiger partial charge in [-0.25, -0.2) is 4.39 Å². The molecular formula is C18H19FN2O4. The van der Waals surface area contributed by atoms with Crippen LogP contribution < -0.4 is 0 Å².